The third-order valence-electron chi connectivity index (χ3n) is 3.78. The molecule has 7 heteroatoms. The maximum absolute atomic E-state index is 12.0. The summed E-state index contributed by atoms with van der Waals surface area (Å²) in [7, 11) is 4.63. The molecule has 0 spiro atoms. The summed E-state index contributed by atoms with van der Waals surface area (Å²) in [5.41, 5.74) is 6.01. The fraction of sp³-hybridized carbons (Fsp3) is 0.467. The van der Waals surface area contributed by atoms with Gasteiger partial charge in [0.15, 0.2) is 0 Å². The molecule has 1 aromatic rings. The smallest absolute Gasteiger partial charge is 0.223 e. The van der Waals surface area contributed by atoms with Gasteiger partial charge in [0.2, 0.25) is 11.8 Å². The minimum Gasteiger partial charge on any atom is -0.496 e. The first kappa shape index (κ1) is 15.9. The van der Waals surface area contributed by atoms with Crippen LogP contribution in [0.5, 0.6) is 17.2 Å². The number of rotatable bonds is 6. The van der Waals surface area contributed by atoms with Gasteiger partial charge in [0.25, 0.3) is 0 Å². The van der Waals surface area contributed by atoms with Crippen LogP contribution in [0.15, 0.2) is 12.1 Å². The summed E-state index contributed by atoms with van der Waals surface area (Å²) in [6, 6.07) is 3.45. The predicted octanol–water partition coefficient (Wildman–Crippen LogP) is 0.546. The Morgan fingerprint density at radius 2 is 1.82 bits per heavy atom. The number of amides is 2. The van der Waals surface area contributed by atoms with Crippen LogP contribution in [0.1, 0.15) is 12.0 Å². The highest BCUT2D eigenvalue weighted by atomic mass is 16.5. The summed E-state index contributed by atoms with van der Waals surface area (Å²) >= 11 is 0. The molecule has 1 unspecified atom stereocenters. The zero-order chi connectivity index (χ0) is 16.3. The number of hydrogen-bond acceptors (Lipinski definition) is 5. The Morgan fingerprint density at radius 1 is 1.23 bits per heavy atom. The summed E-state index contributed by atoms with van der Waals surface area (Å²) in [6.07, 6.45) is 0.149. The second-order valence-corrected chi connectivity index (χ2v) is 5.09. The van der Waals surface area contributed by atoms with Crippen molar-refractivity contribution < 1.29 is 23.8 Å². The topological polar surface area (TPSA) is 91.1 Å². The largest absolute Gasteiger partial charge is 0.496 e. The molecule has 7 nitrogen and oxygen atoms in total. The van der Waals surface area contributed by atoms with E-state index in [2.05, 4.69) is 0 Å². The molecule has 1 atom stereocenters. The molecule has 1 heterocycles. The predicted molar refractivity (Wildman–Crippen MR) is 78.8 cm³/mol. The van der Waals surface area contributed by atoms with Crippen molar-refractivity contribution in [3.8, 4) is 17.2 Å². The molecule has 1 saturated heterocycles. The third-order valence-corrected chi connectivity index (χ3v) is 3.78. The van der Waals surface area contributed by atoms with Crippen LogP contribution >= 0.6 is 0 Å². The second kappa shape index (κ2) is 6.55. The molecule has 0 saturated carbocycles. The number of nitrogens with zero attached hydrogens (tertiary/aromatic N) is 1. The van der Waals surface area contributed by atoms with E-state index in [9.17, 15) is 9.59 Å². The Kier molecular flexibility index (Phi) is 4.75. The SMILES string of the molecule is COc1cc(OC)c(CN2CC(C(N)=O)CC2=O)c(OC)c1. The van der Waals surface area contributed by atoms with E-state index in [0.717, 1.165) is 5.56 Å². The van der Waals surface area contributed by atoms with E-state index in [0.29, 0.717) is 30.3 Å². The average Bonchev–Trinajstić information content (AvgIpc) is 2.88. The lowest BCUT2D eigenvalue weighted by Crippen LogP contribution is -2.28. The minimum absolute atomic E-state index is 0.108. The number of carbonyl (C=O) groups excluding carboxylic acids is 2. The number of primary amides is 1. The highest BCUT2D eigenvalue weighted by Crippen LogP contribution is 2.36. The molecule has 2 amide bonds. The van der Waals surface area contributed by atoms with E-state index in [1.165, 1.54) is 14.2 Å². The van der Waals surface area contributed by atoms with Crippen molar-refractivity contribution in [1.29, 1.82) is 0 Å². The van der Waals surface area contributed by atoms with Gasteiger partial charge in [0.1, 0.15) is 17.2 Å². The Bertz CT molecular complexity index is 562. The van der Waals surface area contributed by atoms with Crippen molar-refractivity contribution >= 4 is 11.8 Å². The van der Waals surface area contributed by atoms with Crippen molar-refractivity contribution in [2.24, 2.45) is 11.7 Å². The molecular weight excluding hydrogens is 288 g/mol. The maximum Gasteiger partial charge on any atom is 0.223 e. The number of carbonyl (C=O) groups is 2. The standard InChI is InChI=1S/C15H20N2O5/c1-20-10-5-12(21-2)11(13(6-10)22-3)8-17-7-9(15(16)19)4-14(17)18/h5-6,9H,4,7-8H2,1-3H3,(H2,16,19). The van der Waals surface area contributed by atoms with Crippen molar-refractivity contribution in [2.45, 2.75) is 13.0 Å². The number of hydrogen-bond donors (Lipinski definition) is 1. The average molecular weight is 308 g/mol. The van der Waals surface area contributed by atoms with Crippen LogP contribution in [0.3, 0.4) is 0 Å². The minimum atomic E-state index is -0.454. The number of nitrogens with two attached hydrogens (primary N) is 1. The zero-order valence-electron chi connectivity index (χ0n) is 12.9. The van der Waals surface area contributed by atoms with Gasteiger partial charge in [-0.05, 0) is 0 Å². The molecule has 0 radical (unpaired) electrons. The molecule has 2 N–H and O–H groups in total. The number of likely N-dealkylation sites (tertiary alicyclic amines) is 1. The molecule has 120 valence electrons. The van der Waals surface area contributed by atoms with Crippen LogP contribution in [0.2, 0.25) is 0 Å². The highest BCUT2D eigenvalue weighted by Gasteiger charge is 2.34. The van der Waals surface area contributed by atoms with Gasteiger partial charge >= 0.3 is 0 Å². The number of benzene rings is 1. The van der Waals surface area contributed by atoms with Crippen molar-refractivity contribution in [3.63, 3.8) is 0 Å². The van der Waals surface area contributed by atoms with Gasteiger partial charge in [0, 0.05) is 25.1 Å². The normalized spacial score (nSPS) is 17.5. The van der Waals surface area contributed by atoms with Crippen molar-refractivity contribution in [1.82, 2.24) is 4.90 Å². The lowest BCUT2D eigenvalue weighted by Gasteiger charge is -2.21. The number of ether oxygens (including phenoxy) is 3. The molecule has 0 aliphatic carbocycles. The number of methoxy groups -OCH3 is 3. The summed E-state index contributed by atoms with van der Waals surface area (Å²) in [5.74, 6) is 0.717. The summed E-state index contributed by atoms with van der Waals surface area (Å²) in [4.78, 5) is 24.9. The first-order chi connectivity index (χ1) is 10.5. The molecule has 2 rings (SSSR count). The van der Waals surface area contributed by atoms with Gasteiger partial charge in [-0.1, -0.05) is 0 Å². The van der Waals surface area contributed by atoms with Crippen molar-refractivity contribution in [2.75, 3.05) is 27.9 Å². The first-order valence-electron chi connectivity index (χ1n) is 6.86. The van der Waals surface area contributed by atoms with Gasteiger partial charge in [-0.25, -0.2) is 0 Å². The van der Waals surface area contributed by atoms with E-state index in [4.69, 9.17) is 19.9 Å². The fourth-order valence-corrected chi connectivity index (χ4v) is 2.54. The monoisotopic (exact) mass is 308 g/mol. The van der Waals surface area contributed by atoms with Crippen LogP contribution in [-0.4, -0.2) is 44.6 Å². The van der Waals surface area contributed by atoms with E-state index in [1.807, 2.05) is 0 Å². The summed E-state index contributed by atoms with van der Waals surface area (Å²) < 4.78 is 15.9. The lowest BCUT2D eigenvalue weighted by atomic mass is 10.1. The third kappa shape index (κ3) is 3.08. The lowest BCUT2D eigenvalue weighted by molar-refractivity contribution is -0.128. The maximum atomic E-state index is 12.0. The molecule has 22 heavy (non-hydrogen) atoms. The molecule has 1 fully saturated rings. The molecule has 0 bridgehead atoms. The second-order valence-electron chi connectivity index (χ2n) is 5.09. The van der Waals surface area contributed by atoms with Crippen LogP contribution in [-0.2, 0) is 16.1 Å². The molecule has 1 aliphatic rings. The summed E-state index contributed by atoms with van der Waals surface area (Å²) in [6.45, 7) is 0.603. The Hall–Kier alpha value is -2.44. The highest BCUT2D eigenvalue weighted by molar-refractivity contribution is 5.88. The fourth-order valence-electron chi connectivity index (χ4n) is 2.54. The van der Waals surface area contributed by atoms with Gasteiger partial charge in [-0.15, -0.1) is 0 Å². The zero-order valence-corrected chi connectivity index (χ0v) is 12.9. The van der Waals surface area contributed by atoms with Crippen LogP contribution in [0.25, 0.3) is 0 Å². The molecule has 1 aliphatic heterocycles. The molecule has 0 aromatic heterocycles. The molecule has 1 aromatic carbocycles. The molecular formula is C15H20N2O5. The Morgan fingerprint density at radius 3 is 2.23 bits per heavy atom. The van der Waals surface area contributed by atoms with E-state index in [1.54, 1.807) is 24.1 Å². The van der Waals surface area contributed by atoms with Gasteiger partial charge in [0.05, 0.1) is 39.4 Å². The first-order valence-corrected chi connectivity index (χ1v) is 6.86. The van der Waals surface area contributed by atoms with Gasteiger partial charge < -0.3 is 24.8 Å². The Balaban J connectivity index is 2.29. The Labute approximate surface area is 128 Å². The summed E-state index contributed by atoms with van der Waals surface area (Å²) in [5, 5.41) is 0. The van der Waals surface area contributed by atoms with Gasteiger partial charge in [-0.2, -0.15) is 0 Å². The quantitative estimate of drug-likeness (QED) is 0.828. The van der Waals surface area contributed by atoms with Crippen LogP contribution in [0.4, 0.5) is 0 Å². The van der Waals surface area contributed by atoms with E-state index >= 15 is 0 Å². The van der Waals surface area contributed by atoms with Crippen LogP contribution in [0, 0.1) is 5.92 Å². The van der Waals surface area contributed by atoms with E-state index in [-0.39, 0.29) is 12.3 Å². The van der Waals surface area contributed by atoms with Crippen molar-refractivity contribution in [3.05, 3.63) is 17.7 Å². The van der Waals surface area contributed by atoms with Crippen LogP contribution < -0.4 is 19.9 Å². The van der Waals surface area contributed by atoms with E-state index < -0.39 is 11.8 Å². The van der Waals surface area contributed by atoms with Gasteiger partial charge in [-0.3, -0.25) is 9.59 Å².